The number of nitrogens with zero attached hydrogens (tertiary/aromatic N) is 1. The average Bonchev–Trinajstić information content (AvgIpc) is 2.65. The summed E-state index contributed by atoms with van der Waals surface area (Å²) >= 11 is 0. The van der Waals surface area contributed by atoms with Crippen molar-refractivity contribution in [3.63, 3.8) is 0 Å². The summed E-state index contributed by atoms with van der Waals surface area (Å²) in [6.45, 7) is 3.63. The van der Waals surface area contributed by atoms with Crippen LogP contribution >= 0.6 is 0 Å². The molecule has 0 bridgehead atoms. The molecule has 31 heavy (non-hydrogen) atoms. The second-order valence-corrected chi connectivity index (χ2v) is 9.49. The minimum atomic E-state index is -1.17. The van der Waals surface area contributed by atoms with Crippen LogP contribution in [0.1, 0.15) is 110 Å². The molecular formula is C24H51BrN2O4. The Hall–Kier alpha value is -0.660. The highest BCUT2D eigenvalue weighted by atomic mass is 79.9. The first-order valence-corrected chi connectivity index (χ1v) is 12.1. The SMILES string of the molecule is CCCCCCCCCCCCCCCC[N+](C)(C)C.NC(CCC(=O)O)C(=O)O.[Br-]. The molecule has 0 aliphatic rings. The van der Waals surface area contributed by atoms with E-state index in [1.807, 2.05) is 0 Å². The summed E-state index contributed by atoms with van der Waals surface area (Å²) in [6, 6.07) is -1.06. The summed E-state index contributed by atoms with van der Waals surface area (Å²) in [5.41, 5.74) is 5.00. The molecule has 0 fully saturated rings. The summed E-state index contributed by atoms with van der Waals surface area (Å²) in [4.78, 5) is 19.9. The zero-order chi connectivity index (χ0) is 23.3. The van der Waals surface area contributed by atoms with Crippen LogP contribution in [0.2, 0.25) is 0 Å². The molecule has 0 radical (unpaired) electrons. The summed E-state index contributed by atoms with van der Waals surface area (Å²) in [7, 11) is 6.88. The van der Waals surface area contributed by atoms with Crippen molar-refractivity contribution in [1.82, 2.24) is 0 Å². The van der Waals surface area contributed by atoms with Gasteiger partial charge in [0.05, 0.1) is 27.7 Å². The number of nitrogens with two attached hydrogens (primary N) is 1. The third kappa shape index (κ3) is 34.2. The van der Waals surface area contributed by atoms with Gasteiger partial charge in [0.2, 0.25) is 0 Å². The lowest BCUT2D eigenvalue weighted by Gasteiger charge is -2.23. The fraction of sp³-hybridized carbons (Fsp3) is 0.917. The third-order valence-electron chi connectivity index (χ3n) is 5.17. The van der Waals surface area contributed by atoms with E-state index in [1.165, 1.54) is 96.4 Å². The lowest BCUT2D eigenvalue weighted by Crippen LogP contribution is -3.00. The molecule has 0 aromatic rings. The second-order valence-electron chi connectivity index (χ2n) is 9.49. The van der Waals surface area contributed by atoms with Gasteiger partial charge in [-0.2, -0.15) is 0 Å². The number of carbonyl (C=O) groups is 2. The van der Waals surface area contributed by atoms with Crippen molar-refractivity contribution in [3.8, 4) is 0 Å². The molecule has 0 saturated heterocycles. The Bertz CT molecular complexity index is 415. The maximum atomic E-state index is 9.99. The van der Waals surface area contributed by atoms with Crippen LogP contribution in [0.5, 0.6) is 0 Å². The van der Waals surface area contributed by atoms with E-state index >= 15 is 0 Å². The summed E-state index contributed by atoms with van der Waals surface area (Å²) < 4.78 is 1.12. The molecule has 0 aliphatic heterocycles. The predicted octanol–water partition coefficient (Wildman–Crippen LogP) is 2.44. The largest absolute Gasteiger partial charge is 1.00 e. The van der Waals surface area contributed by atoms with E-state index in [4.69, 9.17) is 15.9 Å². The van der Waals surface area contributed by atoms with Gasteiger partial charge in [-0.1, -0.05) is 84.0 Å². The number of carboxylic acids is 2. The van der Waals surface area contributed by atoms with Crippen molar-refractivity contribution in [2.75, 3.05) is 27.7 Å². The van der Waals surface area contributed by atoms with Crippen molar-refractivity contribution >= 4 is 11.9 Å². The van der Waals surface area contributed by atoms with E-state index in [0.717, 1.165) is 4.48 Å². The van der Waals surface area contributed by atoms with Crippen molar-refractivity contribution in [2.45, 2.75) is 116 Å². The fourth-order valence-electron chi connectivity index (χ4n) is 3.18. The van der Waals surface area contributed by atoms with Crippen molar-refractivity contribution in [3.05, 3.63) is 0 Å². The topological polar surface area (TPSA) is 101 Å². The molecule has 1 atom stereocenters. The predicted molar refractivity (Wildman–Crippen MR) is 126 cm³/mol. The number of unbranched alkanes of at least 4 members (excludes halogenated alkanes) is 13. The summed E-state index contributed by atoms with van der Waals surface area (Å²) in [5, 5.41) is 16.3. The monoisotopic (exact) mass is 510 g/mol. The zero-order valence-corrected chi connectivity index (χ0v) is 22.3. The number of hydrogen-bond acceptors (Lipinski definition) is 3. The first-order chi connectivity index (χ1) is 14.1. The van der Waals surface area contributed by atoms with Crippen LogP contribution < -0.4 is 22.7 Å². The zero-order valence-electron chi connectivity index (χ0n) is 20.7. The minimum Gasteiger partial charge on any atom is -1.00 e. The molecule has 0 heterocycles. The van der Waals surface area contributed by atoms with E-state index in [1.54, 1.807) is 0 Å². The minimum absolute atomic E-state index is 0. The van der Waals surface area contributed by atoms with Gasteiger partial charge in [-0.15, -0.1) is 0 Å². The number of hydrogen-bond donors (Lipinski definition) is 3. The lowest BCUT2D eigenvalue weighted by atomic mass is 10.0. The maximum Gasteiger partial charge on any atom is 0.320 e. The van der Waals surface area contributed by atoms with Gasteiger partial charge >= 0.3 is 11.9 Å². The van der Waals surface area contributed by atoms with Gasteiger partial charge in [-0.25, -0.2) is 0 Å². The van der Waals surface area contributed by atoms with Crippen LogP contribution in [0.3, 0.4) is 0 Å². The molecule has 188 valence electrons. The summed E-state index contributed by atoms with van der Waals surface area (Å²) in [6.07, 6.45) is 20.1. The molecule has 0 aromatic carbocycles. The summed E-state index contributed by atoms with van der Waals surface area (Å²) in [5.74, 6) is -2.20. The fourth-order valence-corrected chi connectivity index (χ4v) is 3.18. The third-order valence-corrected chi connectivity index (χ3v) is 5.17. The smallest absolute Gasteiger partial charge is 0.320 e. The van der Waals surface area contributed by atoms with E-state index in [9.17, 15) is 9.59 Å². The number of quaternary nitrogens is 1. The number of carboxylic acid groups (broad SMARTS) is 2. The first-order valence-electron chi connectivity index (χ1n) is 12.1. The van der Waals surface area contributed by atoms with Gasteiger partial charge in [0, 0.05) is 6.42 Å². The highest BCUT2D eigenvalue weighted by Crippen LogP contribution is 2.13. The molecule has 6 nitrogen and oxygen atoms in total. The van der Waals surface area contributed by atoms with E-state index in [-0.39, 0.29) is 29.8 Å². The quantitative estimate of drug-likeness (QED) is 0.183. The van der Waals surface area contributed by atoms with Gasteiger partial charge < -0.3 is 37.4 Å². The standard InChI is InChI=1S/C19H42N.C5H9NO4.BrH/c1-5-6-7-8-9-10-11-12-13-14-15-16-17-18-19-20(2,3)4;6-3(5(9)10)1-2-4(7)8;/h5-19H2,1-4H3;3H,1-2,6H2,(H,7,8)(H,9,10);1H/q+1;;/p-1. The van der Waals surface area contributed by atoms with Crippen LogP contribution in [0.15, 0.2) is 0 Å². The molecular weight excluding hydrogens is 460 g/mol. The van der Waals surface area contributed by atoms with Gasteiger partial charge in [0.15, 0.2) is 0 Å². The van der Waals surface area contributed by atoms with Gasteiger partial charge in [0.1, 0.15) is 6.04 Å². The Kier molecular flexibility index (Phi) is 27.0. The number of halogens is 1. The number of rotatable bonds is 19. The molecule has 1 unspecified atom stereocenters. The molecule has 0 saturated carbocycles. The normalized spacial score (nSPS) is 11.8. The maximum absolute atomic E-state index is 9.99. The highest BCUT2D eigenvalue weighted by molar-refractivity contribution is 5.74. The van der Waals surface area contributed by atoms with E-state index in [2.05, 4.69) is 28.1 Å². The Morgan fingerprint density at radius 2 is 1.10 bits per heavy atom. The van der Waals surface area contributed by atoms with Gasteiger partial charge in [0.25, 0.3) is 0 Å². The molecule has 7 heteroatoms. The lowest BCUT2D eigenvalue weighted by molar-refractivity contribution is -0.870. The average molecular weight is 512 g/mol. The molecule has 4 N–H and O–H groups in total. The molecule has 0 aromatic heterocycles. The van der Waals surface area contributed by atoms with Crippen LogP contribution in [0.4, 0.5) is 0 Å². The van der Waals surface area contributed by atoms with Crippen LogP contribution in [0, 0.1) is 0 Å². The van der Waals surface area contributed by atoms with E-state index < -0.39 is 18.0 Å². The molecule has 0 rings (SSSR count). The first kappa shape index (κ1) is 34.9. The van der Waals surface area contributed by atoms with Crippen LogP contribution in [0.25, 0.3) is 0 Å². The van der Waals surface area contributed by atoms with Gasteiger partial charge in [-0.05, 0) is 19.3 Å². The molecule has 0 spiro atoms. The Morgan fingerprint density at radius 3 is 1.39 bits per heavy atom. The molecule has 0 aliphatic carbocycles. The van der Waals surface area contributed by atoms with Crippen LogP contribution in [-0.4, -0.2) is 60.4 Å². The van der Waals surface area contributed by atoms with Gasteiger partial charge in [-0.3, -0.25) is 9.59 Å². The van der Waals surface area contributed by atoms with Crippen molar-refractivity contribution in [1.29, 1.82) is 0 Å². The Morgan fingerprint density at radius 1 is 0.742 bits per heavy atom. The Balaban J connectivity index is -0.000000604. The second kappa shape index (κ2) is 24.0. The Labute approximate surface area is 202 Å². The van der Waals surface area contributed by atoms with E-state index in [0.29, 0.717) is 0 Å². The van der Waals surface area contributed by atoms with Crippen LogP contribution in [-0.2, 0) is 9.59 Å². The number of aliphatic carboxylic acids is 2. The molecule has 0 amide bonds. The van der Waals surface area contributed by atoms with Crippen molar-refractivity contribution < 1.29 is 41.3 Å². The highest BCUT2D eigenvalue weighted by Gasteiger charge is 2.12. The van der Waals surface area contributed by atoms with Crippen molar-refractivity contribution in [2.24, 2.45) is 5.73 Å².